The number of rotatable bonds is 35. The summed E-state index contributed by atoms with van der Waals surface area (Å²) < 4.78 is 5.59. The molecule has 1 N–H and O–H groups in total. The van der Waals surface area contributed by atoms with Crippen LogP contribution in [0.3, 0.4) is 0 Å². The summed E-state index contributed by atoms with van der Waals surface area (Å²) in [6, 6.07) is 0. The molecule has 43 heavy (non-hydrogen) atoms. The number of carbonyl (C=O) groups is 2. The Morgan fingerprint density at radius 3 is 1.26 bits per heavy atom. The van der Waals surface area contributed by atoms with Crippen molar-refractivity contribution in [3.8, 4) is 0 Å². The zero-order valence-electron chi connectivity index (χ0n) is 29.0. The van der Waals surface area contributed by atoms with Crippen LogP contribution < -0.4 is 5.32 Å². The monoisotopic (exact) mass is 628 g/mol. The number of amides is 1. The van der Waals surface area contributed by atoms with Crippen LogP contribution in [0.5, 0.6) is 0 Å². The molecular formula is C38H74ClNO3. The molecule has 0 radical (unpaired) electrons. The van der Waals surface area contributed by atoms with E-state index in [0.29, 0.717) is 6.42 Å². The zero-order chi connectivity index (χ0) is 31.5. The molecule has 1 amide bonds. The maximum Gasteiger partial charge on any atom is 0.321 e. The largest absolute Gasteiger partial charge is 0.461 e. The normalized spacial score (nSPS) is 12.0. The van der Waals surface area contributed by atoms with Gasteiger partial charge in [0, 0.05) is 13.0 Å². The first-order chi connectivity index (χ1) is 21.1. The summed E-state index contributed by atoms with van der Waals surface area (Å²) in [5, 5.41) is 3.10. The van der Waals surface area contributed by atoms with E-state index >= 15 is 0 Å². The molecule has 0 aromatic heterocycles. The van der Waals surface area contributed by atoms with Crippen LogP contribution >= 0.6 is 11.6 Å². The molecule has 0 fully saturated rings. The first kappa shape index (κ1) is 42.2. The summed E-state index contributed by atoms with van der Waals surface area (Å²) in [5.74, 6) is -0.204. The van der Waals surface area contributed by atoms with Crippen molar-refractivity contribution in [1.82, 2.24) is 5.32 Å². The van der Waals surface area contributed by atoms with Gasteiger partial charge in [0.05, 0.1) is 0 Å². The molecule has 0 bridgehead atoms. The van der Waals surface area contributed by atoms with Gasteiger partial charge in [-0.3, -0.25) is 9.59 Å². The van der Waals surface area contributed by atoms with E-state index in [-0.39, 0.29) is 23.9 Å². The third-order valence-corrected chi connectivity index (χ3v) is 9.04. The van der Waals surface area contributed by atoms with Gasteiger partial charge < -0.3 is 10.1 Å². The molecule has 4 nitrogen and oxygen atoms in total. The van der Waals surface area contributed by atoms with Crippen LogP contribution in [0.15, 0.2) is 0 Å². The fourth-order valence-corrected chi connectivity index (χ4v) is 6.05. The number of esters is 1. The lowest BCUT2D eigenvalue weighted by molar-refractivity contribution is -0.146. The number of carbonyl (C=O) groups excluding carboxylic acids is 2. The summed E-state index contributed by atoms with van der Waals surface area (Å²) in [5.41, 5.74) is 0. The molecule has 0 aliphatic heterocycles. The van der Waals surface area contributed by atoms with E-state index in [1.165, 1.54) is 148 Å². The lowest BCUT2D eigenvalue weighted by Crippen LogP contribution is -2.24. The van der Waals surface area contributed by atoms with Gasteiger partial charge in [-0.1, -0.05) is 168 Å². The van der Waals surface area contributed by atoms with Gasteiger partial charge in [0.25, 0.3) is 0 Å². The highest BCUT2D eigenvalue weighted by Crippen LogP contribution is 2.18. The van der Waals surface area contributed by atoms with Crippen LogP contribution in [0.4, 0.5) is 0 Å². The molecular weight excluding hydrogens is 554 g/mol. The fraction of sp³-hybridized carbons (Fsp3) is 0.947. The smallest absolute Gasteiger partial charge is 0.321 e. The van der Waals surface area contributed by atoms with Crippen molar-refractivity contribution in [3.05, 3.63) is 0 Å². The van der Waals surface area contributed by atoms with Gasteiger partial charge in [0.1, 0.15) is 12.0 Å². The van der Waals surface area contributed by atoms with Crippen LogP contribution in [0, 0.1) is 0 Å². The Morgan fingerprint density at radius 1 is 0.512 bits per heavy atom. The Labute approximate surface area is 274 Å². The number of nitrogens with one attached hydrogen (secondary N) is 1. The summed E-state index contributed by atoms with van der Waals surface area (Å²) in [6.07, 6.45) is 38.8. The Morgan fingerprint density at radius 2 is 0.860 bits per heavy atom. The number of ether oxygens (including phenoxy) is 1. The minimum atomic E-state index is -0.309. The van der Waals surface area contributed by atoms with Crippen molar-refractivity contribution >= 4 is 23.5 Å². The van der Waals surface area contributed by atoms with Crippen LogP contribution in [0.1, 0.15) is 213 Å². The minimum absolute atomic E-state index is 0.0282. The molecule has 0 spiro atoms. The average Bonchev–Trinajstić information content (AvgIpc) is 3.01. The van der Waals surface area contributed by atoms with Crippen molar-refractivity contribution in [1.29, 1.82) is 0 Å². The summed E-state index contributed by atoms with van der Waals surface area (Å²) in [6.45, 7) is 5.35. The van der Waals surface area contributed by atoms with Gasteiger partial charge in [-0.05, 0) is 38.5 Å². The van der Waals surface area contributed by atoms with Gasteiger partial charge >= 0.3 is 5.97 Å². The molecule has 0 aromatic carbocycles. The minimum Gasteiger partial charge on any atom is -0.461 e. The molecule has 1 atom stereocenters. The maximum atomic E-state index is 12.2. The predicted molar refractivity (Wildman–Crippen MR) is 188 cm³/mol. The molecule has 0 aliphatic rings. The van der Waals surface area contributed by atoms with E-state index in [0.717, 1.165) is 51.5 Å². The van der Waals surface area contributed by atoms with E-state index in [9.17, 15) is 9.59 Å². The Kier molecular flexibility index (Phi) is 35.1. The maximum absolute atomic E-state index is 12.2. The number of halogens is 1. The quantitative estimate of drug-likeness (QED) is 0.0432. The predicted octanol–water partition coefficient (Wildman–Crippen LogP) is 12.4. The third kappa shape index (κ3) is 34.0. The van der Waals surface area contributed by atoms with Crippen molar-refractivity contribution in [2.45, 2.75) is 219 Å². The number of hydrogen-bond acceptors (Lipinski definition) is 3. The molecule has 0 rings (SSSR count). The number of hydrogen-bond donors (Lipinski definition) is 1. The third-order valence-electron chi connectivity index (χ3n) is 8.82. The highest BCUT2D eigenvalue weighted by atomic mass is 35.5. The van der Waals surface area contributed by atoms with E-state index in [4.69, 9.17) is 16.3 Å². The van der Waals surface area contributed by atoms with E-state index < -0.39 is 0 Å². The highest BCUT2D eigenvalue weighted by Gasteiger charge is 2.13. The van der Waals surface area contributed by atoms with Gasteiger partial charge in [-0.2, -0.15) is 0 Å². The number of alkyl halides is 1. The summed E-state index contributed by atoms with van der Waals surface area (Å²) >= 11 is 5.68. The summed E-state index contributed by atoms with van der Waals surface area (Å²) in [7, 11) is 0. The van der Waals surface area contributed by atoms with Crippen LogP contribution in [-0.2, 0) is 14.3 Å². The Bertz CT molecular complexity index is 586. The summed E-state index contributed by atoms with van der Waals surface area (Å²) in [4.78, 5) is 23.9. The second kappa shape index (κ2) is 35.7. The Balaban J connectivity index is 3.58. The first-order valence-corrected chi connectivity index (χ1v) is 19.7. The Hall–Kier alpha value is -0.770. The lowest BCUT2D eigenvalue weighted by atomic mass is 10.0. The molecule has 5 heteroatoms. The molecule has 0 saturated heterocycles. The molecule has 1 unspecified atom stereocenters. The second-order valence-corrected chi connectivity index (χ2v) is 13.4. The number of unbranched alkanes of at least 4 members (excludes halogenated alkanes) is 25. The van der Waals surface area contributed by atoms with E-state index in [1.807, 2.05) is 0 Å². The fourth-order valence-electron chi connectivity index (χ4n) is 5.99. The SMILES string of the molecule is CCCCCCCCCCCCCCCCCCNC(=O)CCCCCC(CCCCCCCCCCC)OC(=O)CCl. The van der Waals surface area contributed by atoms with Crippen molar-refractivity contribution in [3.63, 3.8) is 0 Å². The van der Waals surface area contributed by atoms with Gasteiger partial charge in [0.15, 0.2) is 0 Å². The van der Waals surface area contributed by atoms with Crippen LogP contribution in [0.25, 0.3) is 0 Å². The van der Waals surface area contributed by atoms with Gasteiger partial charge in [-0.25, -0.2) is 0 Å². The van der Waals surface area contributed by atoms with Crippen LogP contribution in [-0.4, -0.2) is 30.4 Å². The second-order valence-electron chi connectivity index (χ2n) is 13.1. The van der Waals surface area contributed by atoms with Gasteiger partial charge in [0.2, 0.25) is 5.91 Å². The van der Waals surface area contributed by atoms with Crippen molar-refractivity contribution in [2.24, 2.45) is 0 Å². The molecule has 256 valence electrons. The highest BCUT2D eigenvalue weighted by molar-refractivity contribution is 6.26. The van der Waals surface area contributed by atoms with Crippen molar-refractivity contribution in [2.75, 3.05) is 12.4 Å². The topological polar surface area (TPSA) is 55.4 Å². The van der Waals surface area contributed by atoms with E-state index in [2.05, 4.69) is 19.2 Å². The van der Waals surface area contributed by atoms with Crippen LogP contribution in [0.2, 0.25) is 0 Å². The molecule has 0 aliphatic carbocycles. The first-order valence-electron chi connectivity index (χ1n) is 19.2. The zero-order valence-corrected chi connectivity index (χ0v) is 29.8. The van der Waals surface area contributed by atoms with Gasteiger partial charge in [-0.15, -0.1) is 11.6 Å². The average molecular weight is 628 g/mol. The van der Waals surface area contributed by atoms with E-state index in [1.54, 1.807) is 0 Å². The van der Waals surface area contributed by atoms with Crippen molar-refractivity contribution < 1.29 is 14.3 Å². The molecule has 0 heterocycles. The molecule has 0 saturated carbocycles. The lowest BCUT2D eigenvalue weighted by Gasteiger charge is -2.17. The standard InChI is InChI=1S/C38H74ClNO3/c1-3-5-7-9-11-13-14-15-16-17-18-19-21-23-25-30-34-40-37(41)33-29-26-28-32-36(43-38(42)35-39)31-27-24-22-20-12-10-8-6-4-2/h36H,3-35H2,1-2H3,(H,40,41). The molecule has 0 aromatic rings.